The van der Waals surface area contributed by atoms with Crippen LogP contribution < -0.4 is 0 Å². The van der Waals surface area contributed by atoms with Crippen LogP contribution in [-0.4, -0.2) is 45.8 Å². The number of rotatable bonds is 0. The van der Waals surface area contributed by atoms with Crippen molar-refractivity contribution in [3.05, 3.63) is 30.9 Å². The van der Waals surface area contributed by atoms with Crippen molar-refractivity contribution in [3.8, 4) is 0 Å². The number of piperidine rings is 2. The molecular weight excluding hydrogens is 432 g/mol. The summed E-state index contributed by atoms with van der Waals surface area (Å²) in [4.78, 5) is 16.7. The van der Waals surface area contributed by atoms with E-state index in [-0.39, 0.29) is 17.1 Å². The van der Waals surface area contributed by atoms with Gasteiger partial charge in [0.2, 0.25) is 0 Å². The molecule has 4 rings (SSSR count). The average Bonchev–Trinajstić information content (AvgIpc) is 2.68. The maximum atomic E-state index is 8.36. The predicted molar refractivity (Wildman–Crippen MR) is 104 cm³/mol. The summed E-state index contributed by atoms with van der Waals surface area (Å²) in [7, 11) is 0. The van der Waals surface area contributed by atoms with E-state index in [1.807, 2.05) is 0 Å². The Hall–Kier alpha value is -1.16. The topological polar surface area (TPSA) is 155 Å². The summed E-state index contributed by atoms with van der Waals surface area (Å²) in [5, 5.41) is 36.6. The molecule has 29 heavy (non-hydrogen) atoms. The van der Waals surface area contributed by atoms with Crippen molar-refractivity contribution in [3.63, 3.8) is 0 Å². The Balaban J connectivity index is 0.000000391. The van der Waals surface area contributed by atoms with Crippen molar-refractivity contribution in [2.24, 2.45) is 11.8 Å². The SMILES string of the molecule is C1CCC2[N-]CCCC2C1.C1CCC2[N-]CCCC2C1.O=[N+]([O-])O.O=[N+]([O-])O.[Cu+2]. The molecule has 2 aliphatic carbocycles. The largest absolute Gasteiger partial charge is 2.00 e. The molecule has 4 atom stereocenters. The van der Waals surface area contributed by atoms with Gasteiger partial charge in [0, 0.05) is 0 Å². The van der Waals surface area contributed by atoms with Gasteiger partial charge >= 0.3 is 17.1 Å². The quantitative estimate of drug-likeness (QED) is 0.299. The minimum atomic E-state index is -1.50. The van der Waals surface area contributed by atoms with Crippen molar-refractivity contribution >= 4 is 0 Å². The first-order chi connectivity index (χ1) is 13.4. The minimum absolute atomic E-state index is 0. The van der Waals surface area contributed by atoms with Crippen LogP contribution in [0.1, 0.15) is 77.0 Å². The van der Waals surface area contributed by atoms with Crippen molar-refractivity contribution in [1.29, 1.82) is 0 Å². The van der Waals surface area contributed by atoms with Crippen molar-refractivity contribution in [2.45, 2.75) is 89.1 Å². The van der Waals surface area contributed by atoms with Crippen LogP contribution in [0.5, 0.6) is 0 Å². The van der Waals surface area contributed by atoms with Crippen molar-refractivity contribution in [2.75, 3.05) is 13.1 Å². The molecule has 11 heteroatoms. The summed E-state index contributed by atoms with van der Waals surface area (Å²) >= 11 is 0. The third kappa shape index (κ3) is 13.6. The van der Waals surface area contributed by atoms with E-state index in [2.05, 4.69) is 10.6 Å². The zero-order chi connectivity index (χ0) is 20.8. The predicted octanol–water partition coefficient (Wildman–Crippen LogP) is 4.73. The molecule has 0 aromatic heterocycles. The average molecular weight is 466 g/mol. The van der Waals surface area contributed by atoms with Gasteiger partial charge in [0.1, 0.15) is 0 Å². The van der Waals surface area contributed by atoms with Crippen LogP contribution in [-0.2, 0) is 17.1 Å². The first kappa shape index (κ1) is 27.8. The van der Waals surface area contributed by atoms with E-state index in [0.29, 0.717) is 0 Å². The summed E-state index contributed by atoms with van der Waals surface area (Å²) in [6, 6.07) is 1.56. The van der Waals surface area contributed by atoms with E-state index in [4.69, 9.17) is 30.6 Å². The number of nitrogens with zero attached hydrogens (tertiary/aromatic N) is 4. The molecule has 0 aromatic carbocycles. The zero-order valence-electron chi connectivity index (χ0n) is 16.8. The molecule has 173 valence electrons. The monoisotopic (exact) mass is 465 g/mol. The minimum Gasteiger partial charge on any atom is -0.659 e. The molecule has 4 unspecified atom stereocenters. The van der Waals surface area contributed by atoms with E-state index in [9.17, 15) is 0 Å². The fourth-order valence-electron chi connectivity index (χ4n) is 4.75. The van der Waals surface area contributed by atoms with Crippen LogP contribution in [0, 0.1) is 32.1 Å². The summed E-state index contributed by atoms with van der Waals surface area (Å²) in [5.74, 6) is 1.98. The van der Waals surface area contributed by atoms with Gasteiger partial charge in [0.05, 0.1) is 0 Å². The molecule has 0 amide bonds. The molecule has 2 saturated carbocycles. The summed E-state index contributed by atoms with van der Waals surface area (Å²) in [6.45, 7) is 2.31. The van der Waals surface area contributed by atoms with Gasteiger partial charge in [-0.15, -0.1) is 45.4 Å². The molecule has 2 heterocycles. The van der Waals surface area contributed by atoms with Crippen molar-refractivity contribution in [1.82, 2.24) is 0 Å². The maximum absolute atomic E-state index is 8.36. The summed E-state index contributed by atoms with van der Waals surface area (Å²) < 4.78 is 0. The fraction of sp³-hybridized carbons (Fsp3) is 1.00. The molecule has 4 aliphatic rings. The van der Waals surface area contributed by atoms with Crippen LogP contribution in [0.4, 0.5) is 0 Å². The van der Waals surface area contributed by atoms with Crippen LogP contribution in [0.25, 0.3) is 10.6 Å². The second-order valence-electron chi connectivity index (χ2n) is 7.80. The van der Waals surface area contributed by atoms with Gasteiger partial charge in [-0.05, 0) is 0 Å². The van der Waals surface area contributed by atoms with Crippen LogP contribution in [0.2, 0.25) is 0 Å². The second kappa shape index (κ2) is 16.6. The van der Waals surface area contributed by atoms with E-state index in [1.54, 1.807) is 0 Å². The van der Waals surface area contributed by atoms with E-state index < -0.39 is 10.2 Å². The van der Waals surface area contributed by atoms with Gasteiger partial charge in [-0.1, -0.05) is 88.9 Å². The van der Waals surface area contributed by atoms with Gasteiger partial charge in [0.25, 0.3) is 10.2 Å². The van der Waals surface area contributed by atoms with Gasteiger partial charge < -0.3 is 21.0 Å². The molecule has 10 nitrogen and oxygen atoms in total. The molecule has 0 bridgehead atoms. The molecule has 0 spiro atoms. The van der Waals surface area contributed by atoms with E-state index in [0.717, 1.165) is 37.0 Å². The molecule has 1 radical (unpaired) electrons. The smallest absolute Gasteiger partial charge is 0.659 e. The molecule has 0 aromatic rings. The van der Waals surface area contributed by atoms with Gasteiger partial charge in [-0.2, -0.15) is 0 Å². The third-order valence-electron chi connectivity index (χ3n) is 5.93. The van der Waals surface area contributed by atoms with Gasteiger partial charge in [0.15, 0.2) is 0 Å². The summed E-state index contributed by atoms with van der Waals surface area (Å²) in [5.41, 5.74) is 0. The van der Waals surface area contributed by atoms with E-state index >= 15 is 0 Å². The molecular formula is C18H34CuN4O6. The maximum Gasteiger partial charge on any atom is 2.00 e. The standard InChI is InChI=1S/2C9H16N.Cu.2HNO3/c2*1-2-6-9-8(4-1)5-3-7-10-9;;2*2-1(3)4/h2*8-9H,1-7H2;;2*(H,2,3,4)/q2*-1;+2;;. The Morgan fingerprint density at radius 1 is 0.621 bits per heavy atom. The van der Waals surface area contributed by atoms with Crippen LogP contribution in [0.3, 0.4) is 0 Å². The Bertz CT molecular complexity index is 360. The van der Waals surface area contributed by atoms with Gasteiger partial charge in [-0.3, -0.25) is 0 Å². The molecule has 2 N–H and O–H groups in total. The Morgan fingerprint density at radius 2 is 0.897 bits per heavy atom. The van der Waals surface area contributed by atoms with E-state index in [1.165, 1.54) is 77.0 Å². The molecule has 4 fully saturated rings. The van der Waals surface area contributed by atoms with Crippen LogP contribution in [0.15, 0.2) is 0 Å². The Kier molecular flexibility index (Phi) is 16.0. The first-order valence-electron chi connectivity index (χ1n) is 10.4. The fourth-order valence-corrected chi connectivity index (χ4v) is 4.75. The third-order valence-corrected chi connectivity index (χ3v) is 5.93. The number of hydrogen-bond donors (Lipinski definition) is 2. The normalized spacial score (nSPS) is 29.8. The Labute approximate surface area is 182 Å². The number of fused-ring (bicyclic) bond motifs is 2. The summed E-state index contributed by atoms with van der Waals surface area (Å²) in [6.07, 6.45) is 17.2. The number of hydrogen-bond acceptors (Lipinski definition) is 4. The van der Waals surface area contributed by atoms with Crippen LogP contribution >= 0.6 is 0 Å². The Morgan fingerprint density at radius 3 is 1.21 bits per heavy atom. The zero-order valence-corrected chi connectivity index (χ0v) is 17.8. The van der Waals surface area contributed by atoms with Gasteiger partial charge in [-0.25, -0.2) is 0 Å². The first-order valence-corrected chi connectivity index (χ1v) is 10.4. The molecule has 2 saturated heterocycles. The second-order valence-corrected chi connectivity index (χ2v) is 7.80. The van der Waals surface area contributed by atoms with Crippen molar-refractivity contribution < 1.29 is 37.7 Å². The molecule has 2 aliphatic heterocycles.